The van der Waals surface area contributed by atoms with Gasteiger partial charge >= 0.3 is 5.97 Å². The van der Waals surface area contributed by atoms with Gasteiger partial charge < -0.3 is 5.11 Å². The Kier molecular flexibility index (Phi) is 2.28. The molecule has 0 aliphatic carbocycles. The number of carbonyl (C=O) groups is 2. The fraction of sp³-hybridized carbons (Fsp3) is 0.250. The molecule has 0 spiro atoms. The zero-order chi connectivity index (χ0) is 9.30. The van der Waals surface area contributed by atoms with E-state index in [0.717, 1.165) is 0 Å². The van der Waals surface area contributed by atoms with Crippen molar-refractivity contribution in [2.45, 2.75) is 13.8 Å². The van der Waals surface area contributed by atoms with Crippen LogP contribution in [0.2, 0.25) is 0 Å². The van der Waals surface area contributed by atoms with E-state index in [0.29, 0.717) is 21.6 Å². The molecule has 0 saturated heterocycles. The highest BCUT2D eigenvalue weighted by Crippen LogP contribution is 2.25. The van der Waals surface area contributed by atoms with Gasteiger partial charge in [0, 0.05) is 4.88 Å². The number of carboxylic acid groups (broad SMARTS) is 1. The zero-order valence-corrected chi connectivity index (χ0v) is 7.57. The first-order valence-corrected chi connectivity index (χ1v) is 4.18. The van der Waals surface area contributed by atoms with Crippen LogP contribution < -0.4 is 0 Å². The molecule has 1 aromatic rings. The van der Waals surface area contributed by atoms with Crippen molar-refractivity contribution in [1.82, 2.24) is 0 Å². The smallest absolute Gasteiger partial charge is 0.337 e. The third kappa shape index (κ3) is 1.25. The number of aryl methyl sites for hydroxylation is 1. The lowest BCUT2D eigenvalue weighted by atomic mass is 10.1. The fourth-order valence-corrected chi connectivity index (χ4v) is 2.08. The van der Waals surface area contributed by atoms with Crippen molar-refractivity contribution in [2.24, 2.45) is 0 Å². The van der Waals surface area contributed by atoms with Crippen LogP contribution >= 0.6 is 11.3 Å². The molecule has 3 nitrogen and oxygen atoms in total. The molecule has 0 radical (unpaired) electrons. The average molecular weight is 184 g/mol. The molecule has 1 rings (SSSR count). The predicted molar refractivity (Wildman–Crippen MR) is 46.1 cm³/mol. The Balaban J connectivity index is 3.37. The summed E-state index contributed by atoms with van der Waals surface area (Å²) in [6, 6.07) is 0. The van der Waals surface area contributed by atoms with E-state index in [1.54, 1.807) is 13.8 Å². The molecule has 1 heterocycles. The molecule has 0 aromatic carbocycles. The standard InChI is InChI=1S/C8H8O3S/c1-4-6(3-9)12-5(2)7(4)8(10)11/h3H,1-2H3,(H,10,11). The van der Waals surface area contributed by atoms with Gasteiger partial charge in [0.25, 0.3) is 0 Å². The largest absolute Gasteiger partial charge is 0.478 e. The van der Waals surface area contributed by atoms with Crippen LogP contribution in [0.15, 0.2) is 0 Å². The number of aromatic carboxylic acids is 1. The van der Waals surface area contributed by atoms with E-state index < -0.39 is 5.97 Å². The van der Waals surface area contributed by atoms with Gasteiger partial charge in [0.15, 0.2) is 6.29 Å². The molecule has 0 saturated carbocycles. The minimum Gasteiger partial charge on any atom is -0.478 e. The lowest BCUT2D eigenvalue weighted by Crippen LogP contribution is -1.98. The molecular formula is C8H8O3S. The van der Waals surface area contributed by atoms with Gasteiger partial charge in [0.1, 0.15) is 0 Å². The zero-order valence-electron chi connectivity index (χ0n) is 6.75. The SMILES string of the molecule is Cc1sc(C=O)c(C)c1C(=O)O. The predicted octanol–water partition coefficient (Wildman–Crippen LogP) is 1.88. The van der Waals surface area contributed by atoms with Gasteiger partial charge in [-0.1, -0.05) is 0 Å². The van der Waals surface area contributed by atoms with Gasteiger partial charge in [0.05, 0.1) is 10.4 Å². The number of aldehydes is 1. The van der Waals surface area contributed by atoms with Gasteiger partial charge in [-0.05, 0) is 19.4 Å². The number of hydrogen-bond donors (Lipinski definition) is 1. The number of rotatable bonds is 2. The van der Waals surface area contributed by atoms with E-state index in [2.05, 4.69) is 0 Å². The minimum atomic E-state index is -0.964. The molecule has 0 atom stereocenters. The van der Waals surface area contributed by atoms with E-state index in [1.807, 2.05) is 0 Å². The minimum absolute atomic E-state index is 0.266. The lowest BCUT2D eigenvalue weighted by molar-refractivity contribution is 0.0696. The van der Waals surface area contributed by atoms with Crippen LogP contribution in [0.5, 0.6) is 0 Å². The first kappa shape index (κ1) is 8.93. The Hall–Kier alpha value is -1.16. The summed E-state index contributed by atoms with van der Waals surface area (Å²) in [5.41, 5.74) is 0.835. The monoisotopic (exact) mass is 184 g/mol. The molecule has 0 aliphatic heterocycles. The fourth-order valence-electron chi connectivity index (χ4n) is 1.10. The Labute approximate surface area is 73.6 Å². The summed E-state index contributed by atoms with van der Waals surface area (Å²) in [4.78, 5) is 22.3. The van der Waals surface area contributed by atoms with E-state index in [1.165, 1.54) is 11.3 Å². The number of carboxylic acids is 1. The number of carbonyl (C=O) groups excluding carboxylic acids is 1. The summed E-state index contributed by atoms with van der Waals surface area (Å²) in [6.07, 6.45) is 0.694. The number of hydrogen-bond acceptors (Lipinski definition) is 3. The van der Waals surface area contributed by atoms with Crippen molar-refractivity contribution in [3.63, 3.8) is 0 Å². The normalized spacial score (nSPS) is 9.83. The van der Waals surface area contributed by atoms with Crippen molar-refractivity contribution in [3.8, 4) is 0 Å². The summed E-state index contributed by atoms with van der Waals surface area (Å²) < 4.78 is 0. The first-order chi connectivity index (χ1) is 5.57. The highest BCUT2D eigenvalue weighted by atomic mass is 32.1. The maximum absolute atomic E-state index is 10.7. The van der Waals surface area contributed by atoms with Crippen LogP contribution in [0.4, 0.5) is 0 Å². The van der Waals surface area contributed by atoms with E-state index in [9.17, 15) is 9.59 Å². The van der Waals surface area contributed by atoms with Gasteiger partial charge in [0.2, 0.25) is 0 Å². The topological polar surface area (TPSA) is 54.4 Å². The molecule has 12 heavy (non-hydrogen) atoms. The molecule has 0 amide bonds. The van der Waals surface area contributed by atoms with Crippen molar-refractivity contribution in [2.75, 3.05) is 0 Å². The summed E-state index contributed by atoms with van der Waals surface area (Å²) in [5.74, 6) is -0.964. The molecule has 64 valence electrons. The van der Waals surface area contributed by atoms with Gasteiger partial charge in [-0.2, -0.15) is 0 Å². The second-order valence-corrected chi connectivity index (χ2v) is 3.70. The highest BCUT2D eigenvalue weighted by Gasteiger charge is 2.16. The molecule has 0 fully saturated rings. The van der Waals surface area contributed by atoms with Crippen LogP contribution in [-0.2, 0) is 0 Å². The average Bonchev–Trinajstić information content (AvgIpc) is 2.25. The third-order valence-corrected chi connectivity index (χ3v) is 2.81. The van der Waals surface area contributed by atoms with Crippen molar-refractivity contribution in [1.29, 1.82) is 0 Å². The molecule has 0 aliphatic rings. The molecule has 1 aromatic heterocycles. The Morgan fingerprint density at radius 1 is 1.50 bits per heavy atom. The quantitative estimate of drug-likeness (QED) is 0.714. The second kappa shape index (κ2) is 3.06. The van der Waals surface area contributed by atoms with Crippen LogP contribution in [0.3, 0.4) is 0 Å². The van der Waals surface area contributed by atoms with Crippen molar-refractivity contribution < 1.29 is 14.7 Å². The van der Waals surface area contributed by atoms with E-state index in [4.69, 9.17) is 5.11 Å². The highest BCUT2D eigenvalue weighted by molar-refractivity contribution is 7.14. The molecular weight excluding hydrogens is 176 g/mol. The van der Waals surface area contributed by atoms with Crippen LogP contribution in [0.25, 0.3) is 0 Å². The van der Waals surface area contributed by atoms with Crippen LogP contribution in [0, 0.1) is 13.8 Å². The third-order valence-electron chi connectivity index (χ3n) is 1.68. The summed E-state index contributed by atoms with van der Waals surface area (Å²) >= 11 is 1.22. The summed E-state index contributed by atoms with van der Waals surface area (Å²) in [5, 5.41) is 8.75. The van der Waals surface area contributed by atoms with Crippen molar-refractivity contribution >= 4 is 23.6 Å². The van der Waals surface area contributed by atoms with E-state index in [-0.39, 0.29) is 5.56 Å². The lowest BCUT2D eigenvalue weighted by Gasteiger charge is -1.92. The molecule has 0 unspecified atom stereocenters. The molecule has 4 heteroatoms. The van der Waals surface area contributed by atoms with Gasteiger partial charge in [-0.15, -0.1) is 11.3 Å². The summed E-state index contributed by atoms with van der Waals surface area (Å²) in [6.45, 7) is 3.35. The van der Waals surface area contributed by atoms with Crippen molar-refractivity contribution in [3.05, 3.63) is 20.9 Å². The Morgan fingerprint density at radius 2 is 2.08 bits per heavy atom. The molecule has 0 bridgehead atoms. The van der Waals surface area contributed by atoms with Gasteiger partial charge in [-0.25, -0.2) is 4.79 Å². The Morgan fingerprint density at radius 3 is 2.33 bits per heavy atom. The maximum atomic E-state index is 10.7. The number of thiophene rings is 1. The first-order valence-electron chi connectivity index (χ1n) is 3.36. The van der Waals surface area contributed by atoms with E-state index >= 15 is 0 Å². The van der Waals surface area contributed by atoms with Gasteiger partial charge in [-0.3, -0.25) is 4.79 Å². The summed E-state index contributed by atoms with van der Waals surface area (Å²) in [7, 11) is 0. The molecule has 1 N–H and O–H groups in total. The van der Waals surface area contributed by atoms with Crippen LogP contribution in [-0.4, -0.2) is 17.4 Å². The van der Waals surface area contributed by atoms with Crippen LogP contribution in [0.1, 0.15) is 30.5 Å². The second-order valence-electron chi connectivity index (χ2n) is 2.45. The Bertz CT molecular complexity index is 338. The maximum Gasteiger partial charge on any atom is 0.337 e.